The zero-order valence-corrected chi connectivity index (χ0v) is 15.7. The highest BCUT2D eigenvalue weighted by Gasteiger charge is 2.27. The molecule has 0 bridgehead atoms. The van der Waals surface area contributed by atoms with Crippen LogP contribution in [-0.4, -0.2) is 20.1 Å². The van der Waals surface area contributed by atoms with Gasteiger partial charge in [0.05, 0.1) is 5.56 Å². The van der Waals surface area contributed by atoms with Crippen molar-refractivity contribution in [3.05, 3.63) is 42.1 Å². The molecule has 0 heterocycles. The van der Waals surface area contributed by atoms with Gasteiger partial charge in [-0.25, -0.2) is 4.79 Å². The van der Waals surface area contributed by atoms with Gasteiger partial charge in [-0.3, -0.25) is 4.89 Å². The molecule has 1 saturated carbocycles. The summed E-state index contributed by atoms with van der Waals surface area (Å²) in [5.74, 6) is 0.911. The first-order valence-electron chi connectivity index (χ1n) is 8.45. The highest BCUT2D eigenvalue weighted by atomic mass is 28.3. The summed E-state index contributed by atoms with van der Waals surface area (Å²) >= 11 is 0. The van der Waals surface area contributed by atoms with Crippen molar-refractivity contribution in [2.75, 3.05) is 0 Å². The molecular formula is C19H28O3Si. The Hall–Kier alpha value is -1.39. The van der Waals surface area contributed by atoms with Gasteiger partial charge in [0.15, 0.2) is 0 Å². The molecule has 0 amide bonds. The molecule has 0 radical (unpaired) electrons. The minimum absolute atomic E-state index is 0.0246. The van der Waals surface area contributed by atoms with Crippen LogP contribution in [0.2, 0.25) is 13.1 Å². The Morgan fingerprint density at radius 3 is 2.39 bits per heavy atom. The molecule has 0 aliphatic heterocycles. The van der Waals surface area contributed by atoms with Crippen molar-refractivity contribution < 1.29 is 14.6 Å². The summed E-state index contributed by atoms with van der Waals surface area (Å²) in [7, 11) is -1.59. The third kappa shape index (κ3) is 4.55. The van der Waals surface area contributed by atoms with Gasteiger partial charge in [0.1, 0.15) is 14.2 Å². The lowest BCUT2D eigenvalue weighted by molar-refractivity contribution is -0.283. The van der Waals surface area contributed by atoms with Crippen molar-refractivity contribution in [1.29, 1.82) is 0 Å². The zero-order valence-electron chi connectivity index (χ0n) is 14.7. The van der Waals surface area contributed by atoms with Crippen LogP contribution in [0.4, 0.5) is 0 Å². The van der Waals surface area contributed by atoms with E-state index in [-0.39, 0.29) is 6.10 Å². The smallest absolute Gasteiger partial charge is 0.293 e. The third-order valence-electron chi connectivity index (χ3n) is 5.18. The molecule has 3 atom stereocenters. The number of rotatable bonds is 5. The standard InChI is InChI=1S/C19H28O3Si/c1-6-23(4,5)18-11-8-16(9-12-18)19(20)22-21-17-10-7-14(2)15(3)13-17/h6,8-9,11-12,14-15,17H,1,7,10,13H2,2-5H3. The normalized spacial score (nSPS) is 25.0. The molecule has 2 rings (SSSR count). The van der Waals surface area contributed by atoms with Gasteiger partial charge in [-0.2, -0.15) is 4.89 Å². The third-order valence-corrected chi connectivity index (χ3v) is 8.03. The largest absolute Gasteiger partial charge is 0.373 e. The van der Waals surface area contributed by atoms with E-state index < -0.39 is 14.0 Å². The SMILES string of the molecule is C=C[Si](C)(C)c1ccc(C(=O)OOC2CCC(C)C(C)C2)cc1. The fourth-order valence-corrected chi connectivity index (χ4v) is 4.16. The first kappa shape index (κ1) is 18.0. The van der Waals surface area contributed by atoms with Gasteiger partial charge in [-0.15, -0.1) is 6.58 Å². The molecular weight excluding hydrogens is 304 g/mol. The van der Waals surface area contributed by atoms with Crippen molar-refractivity contribution >= 4 is 19.2 Å². The van der Waals surface area contributed by atoms with Crippen LogP contribution < -0.4 is 5.19 Å². The van der Waals surface area contributed by atoms with Gasteiger partial charge >= 0.3 is 5.97 Å². The highest BCUT2D eigenvalue weighted by molar-refractivity contribution is 6.93. The average molecular weight is 333 g/mol. The maximum Gasteiger partial charge on any atom is 0.373 e. The summed E-state index contributed by atoms with van der Waals surface area (Å²) in [4.78, 5) is 22.5. The van der Waals surface area contributed by atoms with Crippen molar-refractivity contribution in [2.45, 2.75) is 52.3 Å². The first-order chi connectivity index (χ1) is 10.8. The van der Waals surface area contributed by atoms with Crippen molar-refractivity contribution in [3.8, 4) is 0 Å². The minimum atomic E-state index is -1.59. The van der Waals surface area contributed by atoms with Crippen LogP contribution in [0.3, 0.4) is 0 Å². The molecule has 1 fully saturated rings. The Labute approximate surface area is 140 Å². The second kappa shape index (κ2) is 7.45. The Kier molecular flexibility index (Phi) is 5.82. The zero-order chi connectivity index (χ0) is 17.0. The van der Waals surface area contributed by atoms with Gasteiger partial charge in [0.2, 0.25) is 0 Å². The fraction of sp³-hybridized carbons (Fsp3) is 0.526. The Bertz CT molecular complexity index is 550. The lowest BCUT2D eigenvalue weighted by atomic mass is 9.80. The van der Waals surface area contributed by atoms with Crippen LogP contribution in [0, 0.1) is 11.8 Å². The second-order valence-electron chi connectivity index (χ2n) is 7.36. The molecule has 3 nitrogen and oxygen atoms in total. The molecule has 4 heteroatoms. The van der Waals surface area contributed by atoms with Crippen LogP contribution in [0.25, 0.3) is 0 Å². The summed E-state index contributed by atoms with van der Waals surface area (Å²) in [5.41, 5.74) is 2.56. The molecule has 0 aromatic heterocycles. The topological polar surface area (TPSA) is 35.5 Å². The fourth-order valence-electron chi connectivity index (χ4n) is 2.90. The molecule has 1 aliphatic carbocycles. The minimum Gasteiger partial charge on any atom is -0.293 e. The van der Waals surface area contributed by atoms with Crippen LogP contribution in [0.5, 0.6) is 0 Å². The summed E-state index contributed by atoms with van der Waals surface area (Å²) in [5, 5.41) is 1.25. The van der Waals surface area contributed by atoms with E-state index in [1.165, 1.54) is 5.19 Å². The van der Waals surface area contributed by atoms with Crippen molar-refractivity contribution in [1.82, 2.24) is 0 Å². The number of hydrogen-bond donors (Lipinski definition) is 0. The van der Waals surface area contributed by atoms with E-state index in [9.17, 15) is 4.79 Å². The van der Waals surface area contributed by atoms with E-state index in [2.05, 4.69) is 33.5 Å². The molecule has 23 heavy (non-hydrogen) atoms. The van der Waals surface area contributed by atoms with Gasteiger partial charge in [0.25, 0.3) is 0 Å². The second-order valence-corrected chi connectivity index (χ2v) is 11.8. The van der Waals surface area contributed by atoms with Crippen LogP contribution in [0.15, 0.2) is 36.5 Å². The summed E-state index contributed by atoms with van der Waals surface area (Å²) in [6, 6.07) is 7.61. The molecule has 1 aliphatic rings. The molecule has 0 spiro atoms. The van der Waals surface area contributed by atoms with E-state index >= 15 is 0 Å². The van der Waals surface area contributed by atoms with Crippen LogP contribution in [-0.2, 0) is 9.78 Å². The predicted octanol–water partition coefficient (Wildman–Crippen LogP) is 4.24. The van der Waals surface area contributed by atoms with Gasteiger partial charge in [-0.1, -0.05) is 50.0 Å². The average Bonchev–Trinajstić information content (AvgIpc) is 2.55. The molecule has 1 aromatic carbocycles. The van der Waals surface area contributed by atoms with Gasteiger partial charge in [-0.05, 0) is 43.2 Å². The van der Waals surface area contributed by atoms with E-state index in [0.717, 1.165) is 25.2 Å². The Morgan fingerprint density at radius 2 is 1.83 bits per heavy atom. The summed E-state index contributed by atoms with van der Waals surface area (Å²) in [6.07, 6.45) is 3.06. The molecule has 0 saturated heterocycles. The van der Waals surface area contributed by atoms with E-state index in [1.54, 1.807) is 0 Å². The molecule has 1 aromatic rings. The lowest BCUT2D eigenvalue weighted by Crippen LogP contribution is -2.39. The highest BCUT2D eigenvalue weighted by Crippen LogP contribution is 2.31. The van der Waals surface area contributed by atoms with E-state index in [1.807, 2.05) is 30.0 Å². The van der Waals surface area contributed by atoms with Gasteiger partial charge < -0.3 is 0 Å². The van der Waals surface area contributed by atoms with Crippen molar-refractivity contribution in [2.24, 2.45) is 11.8 Å². The molecule has 3 unspecified atom stereocenters. The quantitative estimate of drug-likeness (QED) is 0.459. The van der Waals surface area contributed by atoms with E-state index in [4.69, 9.17) is 9.78 Å². The maximum absolute atomic E-state index is 12.1. The summed E-state index contributed by atoms with van der Waals surface area (Å²) in [6.45, 7) is 12.9. The monoisotopic (exact) mass is 332 g/mol. The maximum atomic E-state index is 12.1. The molecule has 0 N–H and O–H groups in total. The van der Waals surface area contributed by atoms with Crippen LogP contribution in [0.1, 0.15) is 43.5 Å². The number of benzene rings is 1. The number of carbonyl (C=O) groups excluding carboxylic acids is 1. The predicted molar refractivity (Wildman–Crippen MR) is 96.2 cm³/mol. The van der Waals surface area contributed by atoms with E-state index in [0.29, 0.717) is 11.5 Å². The first-order valence-corrected chi connectivity index (χ1v) is 11.5. The lowest BCUT2D eigenvalue weighted by Gasteiger charge is -2.30. The Balaban J connectivity index is 1.90. The number of hydrogen-bond acceptors (Lipinski definition) is 3. The number of carbonyl (C=O) groups is 1. The Morgan fingerprint density at radius 1 is 1.17 bits per heavy atom. The van der Waals surface area contributed by atoms with Crippen LogP contribution >= 0.6 is 0 Å². The van der Waals surface area contributed by atoms with Crippen molar-refractivity contribution in [3.63, 3.8) is 0 Å². The van der Waals surface area contributed by atoms with Gasteiger partial charge in [0, 0.05) is 0 Å². The summed E-state index contributed by atoms with van der Waals surface area (Å²) < 4.78 is 0. The molecule has 126 valence electrons.